The van der Waals surface area contributed by atoms with E-state index in [1.165, 1.54) is 0 Å². The minimum Gasteiger partial charge on any atom is 0 e. The maximum absolute atomic E-state index is 0. The van der Waals surface area contributed by atoms with Gasteiger partial charge in [-0.15, -0.1) is 0 Å². The van der Waals surface area contributed by atoms with Crippen molar-refractivity contribution in [2.45, 2.75) is 0 Å². The van der Waals surface area contributed by atoms with Crippen molar-refractivity contribution in [2.75, 3.05) is 0 Å². The first-order chi connectivity index (χ1) is 0. The van der Waals surface area contributed by atoms with Crippen molar-refractivity contribution in [3.8, 4) is 0 Å². The van der Waals surface area contributed by atoms with Crippen molar-refractivity contribution in [1.29, 1.82) is 0 Å². The molecule has 0 spiro atoms. The fraction of sp³-hybridized carbons (Fsp3) is 0. The second-order valence-corrected chi connectivity index (χ2v) is 0. The molecule has 0 heterocycles. The second kappa shape index (κ2) is 15.8. The Bertz CT molecular complexity index is 8.00. The molecule has 0 aliphatic carbocycles. The summed E-state index contributed by atoms with van der Waals surface area (Å²) in [5.74, 6) is 0. The van der Waals surface area contributed by atoms with Gasteiger partial charge >= 0.3 is 0 Å². The third-order valence-corrected chi connectivity index (χ3v) is 0. The second-order valence-electron chi connectivity index (χ2n) is 0. The van der Waals surface area contributed by atoms with Crippen molar-refractivity contribution in [3.63, 3.8) is 0 Å². The quantitative estimate of drug-likeness (QED) is 0.359. The molecule has 0 fully saturated rings. The van der Waals surface area contributed by atoms with Crippen LogP contribution in [0.15, 0.2) is 0 Å². The van der Waals surface area contributed by atoms with Crippen LogP contribution in [0.25, 0.3) is 0 Å². The van der Waals surface area contributed by atoms with E-state index in [1.807, 2.05) is 0 Å². The zero-order valence-corrected chi connectivity index (χ0v) is 10.9. The van der Waals surface area contributed by atoms with Gasteiger partial charge in [0, 0.05) is 168 Å². The first-order valence-electron chi connectivity index (χ1n) is 0. The Balaban J connectivity index is 0. The summed E-state index contributed by atoms with van der Waals surface area (Å²) in [6.07, 6.45) is 0. The third kappa shape index (κ3) is 10.5. The van der Waals surface area contributed by atoms with E-state index in [2.05, 4.69) is 0 Å². The maximum Gasteiger partial charge on any atom is 0 e. The molecular weight excluding hydrogens is 618 g/mol. The predicted molar refractivity (Wildman–Crippen MR) is 0 cm³/mol. The molecule has 0 aromatic heterocycles. The van der Waals surface area contributed by atoms with Crippen molar-refractivity contribution in [1.82, 2.24) is 0 Å². The Labute approximate surface area is 162 Å². The monoisotopic (exact) mass is 622 g/mol. The van der Waals surface area contributed by atoms with Crippen molar-refractivity contribution in [2.24, 2.45) is 0 Å². The van der Waals surface area contributed by atoms with E-state index in [4.69, 9.17) is 0 Å². The van der Waals surface area contributed by atoms with Crippen LogP contribution in [0, 0.1) is 168 Å². The zero-order valence-electron chi connectivity index (χ0n) is 1.47. The van der Waals surface area contributed by atoms with E-state index in [-0.39, 0.29) is 168 Å². The Morgan fingerprint density at radius 2 is 1.00 bits per heavy atom. The molecule has 2 radical (unpaired) electrons. The Morgan fingerprint density at radius 1 is 1.00 bits per heavy atom. The van der Waals surface area contributed by atoms with Gasteiger partial charge in [0.05, 0.1) is 0 Å². The van der Waals surface area contributed by atoms with Crippen LogP contribution in [0.5, 0.6) is 0 Å². The van der Waals surface area contributed by atoms with Crippen LogP contribution in [0.3, 0.4) is 0 Å². The van der Waals surface area contributed by atoms with Crippen LogP contribution in [-0.4, -0.2) is 0 Å². The minimum absolute atomic E-state index is 0. The summed E-state index contributed by atoms with van der Waals surface area (Å²) in [6.45, 7) is 0. The summed E-state index contributed by atoms with van der Waals surface area (Å²) >= 11 is 0. The number of hydrogen-bond acceptors (Lipinski definition) is 0. The summed E-state index contributed by atoms with van der Waals surface area (Å²) in [5, 5.41) is 0. The van der Waals surface area contributed by atoms with E-state index in [0.717, 1.165) is 0 Å². The van der Waals surface area contributed by atoms with E-state index >= 15 is 0 Å². The molecule has 0 bridgehead atoms. The molecule has 0 atom stereocenters. The first kappa shape index (κ1) is 22.7. The molecule has 0 rings (SSSR count). The van der Waals surface area contributed by atoms with Gasteiger partial charge in [0.2, 0.25) is 0 Å². The van der Waals surface area contributed by atoms with Gasteiger partial charge in [-0.25, -0.2) is 0 Å². The fourth-order valence-corrected chi connectivity index (χ4v) is 0. The number of hydrogen-bond donors (Lipinski definition) is 0. The predicted octanol–water partition coefficient (Wildman–Crippen LogP) is 0. The topological polar surface area (TPSA) is 0 Å². The summed E-state index contributed by atoms with van der Waals surface area (Å²) in [7, 11) is 0. The Kier molecular flexibility index (Phi) is 89.7. The largest absolute Gasteiger partial charge is 0 e. The molecule has 0 N–H and O–H groups in total. The smallest absolute Gasteiger partial charge is 0 e. The number of rotatable bonds is 0. The molecule has 0 aromatic carbocycles. The van der Waals surface area contributed by atoms with Gasteiger partial charge in [0.1, 0.15) is 0 Å². The third-order valence-electron chi connectivity index (χ3n) is 0. The zero-order chi connectivity index (χ0) is 0. The van der Waals surface area contributed by atoms with Crippen LogP contribution < -0.4 is 0 Å². The molecule has 0 aliphatic rings. The van der Waals surface area contributed by atoms with E-state index in [9.17, 15) is 0 Å². The van der Waals surface area contributed by atoms with Gasteiger partial charge in [-0.05, 0) is 0 Å². The molecule has 30 valence electrons. The average molecular weight is 618 g/mol. The maximum atomic E-state index is 0. The van der Waals surface area contributed by atoms with Gasteiger partial charge in [-0.3, -0.25) is 0 Å². The average Bonchev–Trinajstić information content (AvgIpc) is 0. The molecule has 0 amide bonds. The normalized spacial score (nSPS) is 0. The van der Waals surface area contributed by atoms with Crippen LogP contribution in [0.2, 0.25) is 0 Å². The molecule has 0 saturated carbocycles. The summed E-state index contributed by atoms with van der Waals surface area (Å²) in [5.41, 5.74) is 0. The van der Waals surface area contributed by atoms with E-state index in [0.29, 0.717) is 0 Å². The van der Waals surface area contributed by atoms with Crippen LogP contribution >= 0.6 is 0 Å². The molecule has 0 nitrogen and oxygen atoms in total. The van der Waals surface area contributed by atoms with Gasteiger partial charge < -0.3 is 0 Å². The molecule has 4 heteroatoms. The van der Waals surface area contributed by atoms with Crippen molar-refractivity contribution >= 4 is 0 Å². The van der Waals surface area contributed by atoms with Gasteiger partial charge in [-0.2, -0.15) is 0 Å². The standard InChI is InChI=1S/Eu.Gd.Sm.Tb. The molecular formula is EuGdSmTb. The summed E-state index contributed by atoms with van der Waals surface area (Å²) in [6, 6.07) is 0. The van der Waals surface area contributed by atoms with Crippen LogP contribution in [0.1, 0.15) is 0 Å². The van der Waals surface area contributed by atoms with Crippen molar-refractivity contribution < 1.29 is 168 Å². The van der Waals surface area contributed by atoms with Crippen LogP contribution in [-0.2, 0) is 0 Å². The summed E-state index contributed by atoms with van der Waals surface area (Å²) in [4.78, 5) is 0. The molecule has 0 unspecified atom stereocenters. The van der Waals surface area contributed by atoms with Crippen molar-refractivity contribution in [3.05, 3.63) is 0 Å². The first-order valence-corrected chi connectivity index (χ1v) is 0. The fourth-order valence-electron chi connectivity index (χ4n) is 0. The molecule has 0 aliphatic heterocycles. The minimum atomic E-state index is 0. The Hall–Kier alpha value is 5.53. The van der Waals surface area contributed by atoms with E-state index < -0.39 is 0 Å². The van der Waals surface area contributed by atoms with E-state index in [1.54, 1.807) is 0 Å². The molecule has 4 heavy (non-hydrogen) atoms. The van der Waals surface area contributed by atoms with Gasteiger partial charge in [0.15, 0.2) is 0 Å². The SMILES string of the molecule is [Eu].[Gd].[Sm].[Tb]. The Morgan fingerprint density at radius 3 is 1.00 bits per heavy atom. The van der Waals surface area contributed by atoms with Crippen LogP contribution in [0.4, 0.5) is 0 Å². The summed E-state index contributed by atoms with van der Waals surface area (Å²) < 4.78 is 0. The van der Waals surface area contributed by atoms with Gasteiger partial charge in [-0.1, -0.05) is 0 Å². The van der Waals surface area contributed by atoms with Gasteiger partial charge in [0.25, 0.3) is 0 Å². The molecule has 0 saturated heterocycles. The molecule has 0 aromatic rings.